The van der Waals surface area contributed by atoms with Crippen molar-refractivity contribution >= 4 is 35.5 Å². The monoisotopic (exact) mass is 576 g/mol. The molecule has 0 saturated carbocycles. The summed E-state index contributed by atoms with van der Waals surface area (Å²) in [5, 5.41) is 2.65. The first-order valence-electron chi connectivity index (χ1n) is 13.5. The largest absolute Gasteiger partial charge is 0.469 e. The van der Waals surface area contributed by atoms with Crippen LogP contribution in [0.15, 0.2) is 24.3 Å². The molecule has 1 heterocycles. The molecule has 1 aromatic rings. The fraction of sp³-hybridized carbons (Fsp3) is 0.621. The number of piperazine rings is 1. The third kappa shape index (κ3) is 10.6. The number of carbonyl (C=O) groups excluding carboxylic acids is 5. The number of rotatable bonds is 9. The Hall–Kier alpha value is -3.83. The molecule has 12 heteroatoms. The second-order valence-corrected chi connectivity index (χ2v) is 12.1. The van der Waals surface area contributed by atoms with Gasteiger partial charge in [0, 0.05) is 39.3 Å². The third-order valence-corrected chi connectivity index (χ3v) is 6.08. The van der Waals surface area contributed by atoms with E-state index in [1.54, 1.807) is 41.5 Å². The molecule has 1 aromatic carbocycles. The van der Waals surface area contributed by atoms with Crippen molar-refractivity contribution in [2.24, 2.45) is 0 Å². The van der Waals surface area contributed by atoms with Crippen molar-refractivity contribution in [3.05, 3.63) is 29.8 Å². The van der Waals surface area contributed by atoms with Crippen LogP contribution >= 0.6 is 0 Å². The zero-order valence-electron chi connectivity index (χ0n) is 25.6. The maximum atomic E-state index is 14.0. The van der Waals surface area contributed by atoms with Gasteiger partial charge in [-0.1, -0.05) is 12.1 Å². The second-order valence-electron chi connectivity index (χ2n) is 12.1. The van der Waals surface area contributed by atoms with Gasteiger partial charge in [-0.15, -0.1) is 0 Å². The van der Waals surface area contributed by atoms with E-state index in [4.69, 9.17) is 14.2 Å². The quantitative estimate of drug-likeness (QED) is 0.346. The van der Waals surface area contributed by atoms with Crippen LogP contribution in [0.2, 0.25) is 0 Å². The number of anilines is 1. The molecule has 3 amide bonds. The molecule has 12 nitrogen and oxygen atoms in total. The molecule has 0 aliphatic carbocycles. The summed E-state index contributed by atoms with van der Waals surface area (Å²) in [6.07, 6.45) is -1.09. The van der Waals surface area contributed by atoms with E-state index in [0.717, 1.165) is 11.3 Å². The van der Waals surface area contributed by atoms with Crippen molar-refractivity contribution in [1.82, 2.24) is 15.1 Å². The van der Waals surface area contributed by atoms with Gasteiger partial charge in [0.15, 0.2) is 0 Å². The molecule has 0 unspecified atom stereocenters. The van der Waals surface area contributed by atoms with E-state index >= 15 is 0 Å². The number of ether oxygens (including phenoxy) is 3. The van der Waals surface area contributed by atoms with Crippen LogP contribution in [0.3, 0.4) is 0 Å². The molecule has 1 aliphatic heterocycles. The average Bonchev–Trinajstić information content (AvgIpc) is 2.83. The first-order valence-corrected chi connectivity index (χ1v) is 13.5. The van der Waals surface area contributed by atoms with Crippen LogP contribution in [-0.4, -0.2) is 104 Å². The van der Waals surface area contributed by atoms with E-state index in [0.29, 0.717) is 0 Å². The minimum Gasteiger partial charge on any atom is -0.469 e. The predicted molar refractivity (Wildman–Crippen MR) is 152 cm³/mol. The molecule has 1 N–H and O–H groups in total. The minimum absolute atomic E-state index is 0.0289. The maximum absolute atomic E-state index is 14.0. The standard InChI is InChI=1S/C29H44N4O8/c1-28(2,3)40-24(35)18-32-14-15-33(22(26(32)37)17-23(34)39-9)25(36)21(30-27(38)41-29(4,5)6)16-19-10-12-20(13-11-19)31(7)8/h10-13,21-22H,14-18H2,1-9H3,(H,30,38)/t21-,22-/m0/s1. The van der Waals surface area contributed by atoms with Gasteiger partial charge in [-0.3, -0.25) is 19.2 Å². The maximum Gasteiger partial charge on any atom is 0.408 e. The van der Waals surface area contributed by atoms with Gasteiger partial charge in [0.1, 0.15) is 29.8 Å². The number of esters is 2. The lowest BCUT2D eigenvalue weighted by atomic mass is 10.0. The number of methoxy groups -OCH3 is 1. The molecule has 2 rings (SSSR count). The molecule has 1 fully saturated rings. The van der Waals surface area contributed by atoms with Gasteiger partial charge in [0.2, 0.25) is 11.8 Å². The zero-order chi connectivity index (χ0) is 31.1. The van der Waals surface area contributed by atoms with Crippen LogP contribution < -0.4 is 10.2 Å². The normalized spacial score (nSPS) is 16.5. The summed E-state index contributed by atoms with van der Waals surface area (Å²) < 4.78 is 15.5. The van der Waals surface area contributed by atoms with Crippen molar-refractivity contribution in [3.8, 4) is 0 Å². The van der Waals surface area contributed by atoms with Crippen LogP contribution in [0.5, 0.6) is 0 Å². The lowest BCUT2D eigenvalue weighted by Gasteiger charge is -2.41. The summed E-state index contributed by atoms with van der Waals surface area (Å²) in [6.45, 7) is 10.0. The SMILES string of the molecule is COC(=O)C[C@H]1C(=O)N(CC(=O)OC(C)(C)C)CCN1C(=O)[C@H](Cc1ccc(N(C)C)cc1)NC(=O)OC(C)(C)C. The lowest BCUT2D eigenvalue weighted by Crippen LogP contribution is -2.63. The summed E-state index contributed by atoms with van der Waals surface area (Å²) in [6, 6.07) is 5.16. The molecule has 0 aromatic heterocycles. The Labute approximate surface area is 242 Å². The molecule has 0 bridgehead atoms. The predicted octanol–water partition coefficient (Wildman–Crippen LogP) is 2.13. The Morgan fingerprint density at radius 1 is 0.951 bits per heavy atom. The van der Waals surface area contributed by atoms with Crippen LogP contribution in [0.25, 0.3) is 0 Å². The molecular weight excluding hydrogens is 532 g/mol. The van der Waals surface area contributed by atoms with Crippen molar-refractivity contribution in [2.75, 3.05) is 45.7 Å². The van der Waals surface area contributed by atoms with Crippen LogP contribution in [0.4, 0.5) is 10.5 Å². The van der Waals surface area contributed by atoms with Gasteiger partial charge >= 0.3 is 18.0 Å². The number of amides is 3. The molecule has 1 aliphatic rings. The van der Waals surface area contributed by atoms with Gasteiger partial charge < -0.3 is 34.2 Å². The zero-order valence-corrected chi connectivity index (χ0v) is 25.6. The van der Waals surface area contributed by atoms with Crippen molar-refractivity contribution in [2.45, 2.75) is 77.7 Å². The average molecular weight is 577 g/mol. The number of carbonyl (C=O) groups is 5. The van der Waals surface area contributed by atoms with E-state index < -0.39 is 59.6 Å². The lowest BCUT2D eigenvalue weighted by molar-refractivity contribution is -0.164. The van der Waals surface area contributed by atoms with E-state index in [9.17, 15) is 24.0 Å². The number of alkyl carbamates (subject to hydrolysis) is 1. The van der Waals surface area contributed by atoms with Gasteiger partial charge in [-0.25, -0.2) is 4.79 Å². The third-order valence-electron chi connectivity index (χ3n) is 6.08. The number of hydrogen-bond acceptors (Lipinski definition) is 9. The summed E-state index contributed by atoms with van der Waals surface area (Å²) in [5.41, 5.74) is 0.182. The molecule has 2 atom stereocenters. The van der Waals surface area contributed by atoms with Crippen molar-refractivity contribution in [1.29, 1.82) is 0 Å². The summed E-state index contributed by atoms with van der Waals surface area (Å²) >= 11 is 0. The fourth-order valence-corrected chi connectivity index (χ4v) is 4.24. The van der Waals surface area contributed by atoms with E-state index in [1.165, 1.54) is 16.9 Å². The molecular formula is C29H44N4O8. The Morgan fingerprint density at radius 2 is 1.54 bits per heavy atom. The highest BCUT2D eigenvalue weighted by molar-refractivity contribution is 5.95. The van der Waals surface area contributed by atoms with E-state index in [1.807, 2.05) is 43.3 Å². The van der Waals surface area contributed by atoms with Crippen LogP contribution in [0, 0.1) is 0 Å². The summed E-state index contributed by atoms with van der Waals surface area (Å²) in [7, 11) is 5.00. The van der Waals surface area contributed by atoms with Gasteiger partial charge in [-0.2, -0.15) is 0 Å². The first kappa shape index (κ1) is 33.4. The Balaban J connectivity index is 2.35. The van der Waals surface area contributed by atoms with Crippen molar-refractivity contribution < 1.29 is 38.2 Å². The highest BCUT2D eigenvalue weighted by Crippen LogP contribution is 2.20. The highest BCUT2D eigenvalue weighted by atomic mass is 16.6. The van der Waals surface area contributed by atoms with Crippen molar-refractivity contribution in [3.63, 3.8) is 0 Å². The number of nitrogens with one attached hydrogen (secondary N) is 1. The van der Waals surface area contributed by atoms with Gasteiger partial charge in [-0.05, 0) is 59.2 Å². The molecule has 0 radical (unpaired) electrons. The fourth-order valence-electron chi connectivity index (χ4n) is 4.24. The van der Waals surface area contributed by atoms with Crippen LogP contribution in [-0.2, 0) is 39.8 Å². The number of hydrogen-bond donors (Lipinski definition) is 1. The smallest absolute Gasteiger partial charge is 0.408 e. The van der Waals surface area contributed by atoms with Gasteiger partial charge in [0.25, 0.3) is 0 Å². The number of nitrogens with zero attached hydrogens (tertiary/aromatic N) is 3. The minimum atomic E-state index is -1.23. The molecule has 41 heavy (non-hydrogen) atoms. The van der Waals surface area contributed by atoms with Crippen LogP contribution in [0.1, 0.15) is 53.5 Å². The number of benzene rings is 1. The Bertz CT molecular complexity index is 1110. The Morgan fingerprint density at radius 3 is 2.05 bits per heavy atom. The second kappa shape index (κ2) is 13.7. The molecule has 1 saturated heterocycles. The van der Waals surface area contributed by atoms with Gasteiger partial charge in [0.05, 0.1) is 13.5 Å². The molecule has 228 valence electrons. The summed E-state index contributed by atoms with van der Waals surface area (Å²) in [4.78, 5) is 69.4. The molecule has 0 spiro atoms. The van der Waals surface area contributed by atoms with E-state index in [2.05, 4.69) is 5.32 Å². The topological polar surface area (TPSA) is 135 Å². The Kier molecular flexibility index (Phi) is 11.1. The summed E-state index contributed by atoms with van der Waals surface area (Å²) in [5.74, 6) is -2.46. The van der Waals surface area contributed by atoms with E-state index in [-0.39, 0.29) is 26.1 Å². The first-order chi connectivity index (χ1) is 18.9. The highest BCUT2D eigenvalue weighted by Gasteiger charge is 2.42.